The number of benzene rings is 3. The van der Waals surface area contributed by atoms with Crippen LogP contribution in [0.1, 0.15) is 61.8 Å². The number of hydrogen-bond acceptors (Lipinski definition) is 0. The van der Waals surface area contributed by atoms with Crippen molar-refractivity contribution < 1.29 is 19.8 Å². The zero-order valence-corrected chi connectivity index (χ0v) is 30.8. The van der Waals surface area contributed by atoms with Gasteiger partial charge in [-0.3, -0.25) is 0 Å². The van der Waals surface area contributed by atoms with Crippen LogP contribution in [0.25, 0.3) is 0 Å². The van der Waals surface area contributed by atoms with Gasteiger partial charge in [-0.15, -0.1) is 0 Å². The van der Waals surface area contributed by atoms with Crippen molar-refractivity contribution in [3.8, 4) is 0 Å². The Hall–Kier alpha value is -0.731. The molecule has 4 rings (SSSR count). The monoisotopic (exact) mass is 778 g/mol. The molecule has 0 N–H and O–H groups in total. The SMILES string of the molecule is CC(C)P(C(C)C)C(C)C.CCC(C)[C]1[CH][CH][CH][CH]1.[Os+].c1cc[c]([Ge]([c]2ccccc2)[c]2ccccc2)cc1. The van der Waals surface area contributed by atoms with Gasteiger partial charge in [0.15, 0.2) is 0 Å². The van der Waals surface area contributed by atoms with Crippen molar-refractivity contribution in [1.82, 2.24) is 0 Å². The van der Waals surface area contributed by atoms with Crippen LogP contribution in [0.4, 0.5) is 0 Å². The molecule has 0 nitrogen and oxygen atoms in total. The summed E-state index contributed by atoms with van der Waals surface area (Å²) >= 11 is -1.63. The van der Waals surface area contributed by atoms with E-state index in [0.29, 0.717) is 0 Å². The summed E-state index contributed by atoms with van der Waals surface area (Å²) in [7, 11) is 0.262. The minimum absolute atomic E-state index is 0. The quantitative estimate of drug-likeness (QED) is 0.160. The van der Waals surface area contributed by atoms with Crippen LogP contribution in [0.3, 0.4) is 0 Å². The van der Waals surface area contributed by atoms with Crippen molar-refractivity contribution in [3.05, 3.63) is 123 Å². The molecule has 3 aromatic carbocycles. The van der Waals surface area contributed by atoms with E-state index < -0.39 is 14.3 Å². The molecule has 0 spiro atoms. The Morgan fingerprint density at radius 3 is 1.08 bits per heavy atom. The molecule has 0 aromatic heterocycles. The van der Waals surface area contributed by atoms with Crippen molar-refractivity contribution in [2.75, 3.05) is 0 Å². The van der Waals surface area contributed by atoms with E-state index in [0.717, 1.165) is 22.9 Å². The van der Waals surface area contributed by atoms with E-state index >= 15 is 0 Å². The molecule has 3 aromatic rings. The van der Waals surface area contributed by atoms with E-state index in [1.165, 1.54) is 25.5 Å². The summed E-state index contributed by atoms with van der Waals surface area (Å²) < 4.78 is 4.50. The summed E-state index contributed by atoms with van der Waals surface area (Å²) in [5, 5.41) is 0. The maximum atomic E-state index is 2.35. The maximum absolute atomic E-state index is 2.35. The molecule has 0 aliphatic heterocycles. The van der Waals surface area contributed by atoms with Gasteiger partial charge in [0, 0.05) is 0 Å². The number of rotatable bonds is 8. The zero-order valence-electron chi connectivity index (χ0n) is 25.3. The molecular weight excluding hydrogens is 726 g/mol. The summed E-state index contributed by atoms with van der Waals surface area (Å²) in [4.78, 5) is 0. The molecule has 1 fully saturated rings. The topological polar surface area (TPSA) is 0 Å². The van der Waals surface area contributed by atoms with E-state index in [1.807, 2.05) is 0 Å². The van der Waals surface area contributed by atoms with Crippen molar-refractivity contribution in [2.24, 2.45) is 5.92 Å². The summed E-state index contributed by atoms with van der Waals surface area (Å²) in [5.41, 5.74) is 2.69. The second kappa shape index (κ2) is 20.2. The third-order valence-corrected chi connectivity index (χ3v) is 16.2. The van der Waals surface area contributed by atoms with Gasteiger partial charge in [-0.05, 0) is 54.5 Å². The summed E-state index contributed by atoms with van der Waals surface area (Å²) in [6.45, 7) is 18.6. The van der Waals surface area contributed by atoms with Gasteiger partial charge in [0.1, 0.15) is 0 Å². The molecule has 0 saturated heterocycles. The van der Waals surface area contributed by atoms with Crippen molar-refractivity contribution >= 4 is 35.5 Å². The van der Waals surface area contributed by atoms with E-state index in [9.17, 15) is 0 Å². The molecule has 0 bridgehead atoms. The molecule has 1 aliphatic rings. The average molecular weight is 776 g/mol. The van der Waals surface area contributed by atoms with Gasteiger partial charge in [-0.1, -0.05) is 69.7 Å². The Kier molecular flexibility index (Phi) is 18.8. The van der Waals surface area contributed by atoms with Gasteiger partial charge in [-0.25, -0.2) is 0 Å². The molecule has 209 valence electrons. The Bertz CT molecular complexity index is 856. The second-order valence-corrected chi connectivity index (χ2v) is 19.9. The van der Waals surface area contributed by atoms with E-state index in [4.69, 9.17) is 0 Å². The fourth-order valence-electron chi connectivity index (χ4n) is 5.06. The Morgan fingerprint density at radius 2 is 0.846 bits per heavy atom. The van der Waals surface area contributed by atoms with Crippen LogP contribution in [0.15, 0.2) is 91.0 Å². The molecule has 7 radical (unpaired) electrons. The molecule has 1 saturated carbocycles. The minimum atomic E-state index is -1.63. The first-order valence-corrected chi connectivity index (χ1v) is 19.0. The van der Waals surface area contributed by atoms with Crippen LogP contribution < -0.4 is 13.2 Å². The van der Waals surface area contributed by atoms with Crippen LogP contribution in [0.2, 0.25) is 0 Å². The molecule has 0 heterocycles. The van der Waals surface area contributed by atoms with Crippen LogP contribution >= 0.6 is 7.92 Å². The van der Waals surface area contributed by atoms with Gasteiger partial charge in [0.2, 0.25) is 0 Å². The molecular formula is C36H49GeOsP+. The third kappa shape index (κ3) is 12.8. The third-order valence-electron chi connectivity index (χ3n) is 6.85. The first-order valence-electron chi connectivity index (χ1n) is 14.3. The van der Waals surface area contributed by atoms with E-state index in [2.05, 4.69) is 172 Å². The fraction of sp³-hybridized carbons (Fsp3) is 0.361. The molecule has 0 amide bonds. The predicted molar refractivity (Wildman–Crippen MR) is 176 cm³/mol. The zero-order chi connectivity index (χ0) is 27.9. The standard InChI is InChI=1S/C18H15Ge.C9H21P.C9H13.Os/c1-4-10-16(11-5-1)19(17-12-6-2-7-13-17)18-14-8-3-9-15-18;1-7(2)10(8(3)4)9(5)6;1-3-8(2)9-6-4-5-7-9;/h1-15H;7-9H,1-6H3;4-8H,3H2,1-2H3;/q;;;+1. The van der Waals surface area contributed by atoms with Crippen molar-refractivity contribution in [3.63, 3.8) is 0 Å². The Labute approximate surface area is 261 Å². The van der Waals surface area contributed by atoms with Gasteiger partial charge >= 0.3 is 138 Å². The van der Waals surface area contributed by atoms with Crippen LogP contribution in [0, 0.1) is 37.5 Å². The van der Waals surface area contributed by atoms with E-state index in [-0.39, 0.29) is 27.7 Å². The Balaban J connectivity index is 0.000000324. The van der Waals surface area contributed by atoms with Gasteiger partial charge in [0.25, 0.3) is 0 Å². The summed E-state index contributed by atoms with van der Waals surface area (Å²) in [6.07, 6.45) is 9.81. The predicted octanol–water partition coefficient (Wildman–Crippen LogP) is 8.33. The average Bonchev–Trinajstić information content (AvgIpc) is 3.46. The van der Waals surface area contributed by atoms with Crippen LogP contribution in [-0.2, 0) is 19.8 Å². The van der Waals surface area contributed by atoms with E-state index in [1.54, 1.807) is 0 Å². The first-order chi connectivity index (χ1) is 18.3. The first kappa shape index (κ1) is 36.3. The molecule has 1 atom stereocenters. The van der Waals surface area contributed by atoms with Gasteiger partial charge < -0.3 is 0 Å². The van der Waals surface area contributed by atoms with Crippen LogP contribution in [-0.4, -0.2) is 31.3 Å². The number of hydrogen-bond donors (Lipinski definition) is 0. The molecule has 1 unspecified atom stereocenters. The Morgan fingerprint density at radius 1 is 0.538 bits per heavy atom. The summed E-state index contributed by atoms with van der Waals surface area (Å²) in [6, 6.07) is 32.8. The van der Waals surface area contributed by atoms with Crippen molar-refractivity contribution in [2.45, 2.75) is 78.8 Å². The fourth-order valence-corrected chi connectivity index (χ4v) is 14.0. The summed E-state index contributed by atoms with van der Waals surface area (Å²) in [5.74, 6) is 2.21. The van der Waals surface area contributed by atoms with Crippen LogP contribution in [0.5, 0.6) is 0 Å². The molecule has 39 heavy (non-hydrogen) atoms. The second-order valence-electron chi connectivity index (χ2n) is 10.7. The molecule has 3 heteroatoms. The van der Waals surface area contributed by atoms with Gasteiger partial charge in [-0.2, -0.15) is 0 Å². The normalized spacial score (nSPS) is 14.1. The molecule has 1 aliphatic carbocycles. The van der Waals surface area contributed by atoms with Crippen molar-refractivity contribution in [1.29, 1.82) is 0 Å². The van der Waals surface area contributed by atoms with Gasteiger partial charge in [0.05, 0.1) is 0 Å².